The van der Waals surface area contributed by atoms with Crippen molar-refractivity contribution in [3.05, 3.63) is 17.5 Å². The Morgan fingerprint density at radius 3 is 2.62 bits per heavy atom. The molecule has 2 heterocycles. The smallest absolute Gasteiger partial charge is 0.233 e. The van der Waals surface area contributed by atoms with Crippen LogP contribution in [0.25, 0.3) is 10.7 Å². The van der Waals surface area contributed by atoms with E-state index in [-0.39, 0.29) is 11.7 Å². The molecular formula is C14H21N5O3S2. The molecule has 0 unspecified atom stereocenters. The van der Waals surface area contributed by atoms with E-state index >= 15 is 0 Å². The van der Waals surface area contributed by atoms with Gasteiger partial charge in [0.1, 0.15) is 0 Å². The van der Waals surface area contributed by atoms with Gasteiger partial charge in [-0.3, -0.25) is 4.79 Å². The Morgan fingerprint density at radius 2 is 2.04 bits per heavy atom. The quantitative estimate of drug-likeness (QED) is 0.490. The number of methoxy groups -OCH3 is 2. The number of nitrogens with zero attached hydrogens (tertiary/aromatic N) is 4. The Kier molecular flexibility index (Phi) is 7.50. The molecule has 0 spiro atoms. The number of nitrogen functional groups attached to an aromatic ring is 1. The molecule has 0 aliphatic rings. The molecule has 2 rings (SSSR count). The fraction of sp³-hybridized carbons (Fsp3) is 0.500. The van der Waals surface area contributed by atoms with Gasteiger partial charge >= 0.3 is 0 Å². The van der Waals surface area contributed by atoms with E-state index in [0.29, 0.717) is 37.3 Å². The first kappa shape index (κ1) is 18.7. The average Bonchev–Trinajstić information content (AvgIpc) is 3.22. The first-order valence-electron chi connectivity index (χ1n) is 7.30. The molecule has 2 N–H and O–H groups in total. The van der Waals surface area contributed by atoms with Gasteiger partial charge in [-0.15, -0.1) is 21.5 Å². The Balaban J connectivity index is 1.94. The van der Waals surface area contributed by atoms with Gasteiger partial charge in [-0.2, -0.15) is 0 Å². The number of hydrogen-bond donors (Lipinski definition) is 1. The number of amides is 1. The first-order chi connectivity index (χ1) is 11.7. The third-order valence-corrected chi connectivity index (χ3v) is 5.01. The van der Waals surface area contributed by atoms with Crippen molar-refractivity contribution >= 4 is 29.0 Å². The van der Waals surface area contributed by atoms with Gasteiger partial charge in [0.25, 0.3) is 0 Å². The Morgan fingerprint density at radius 1 is 1.33 bits per heavy atom. The van der Waals surface area contributed by atoms with E-state index in [2.05, 4.69) is 10.2 Å². The van der Waals surface area contributed by atoms with Crippen LogP contribution in [0.5, 0.6) is 0 Å². The number of nitrogens with two attached hydrogens (primary N) is 1. The van der Waals surface area contributed by atoms with Gasteiger partial charge < -0.3 is 20.2 Å². The number of ether oxygens (including phenoxy) is 2. The standard InChI is InChI=1S/C14H21N5O3S2/c1-21-7-5-18(6-8-22-2)12(20)10-24-14-17-16-13(19(14)15)11-4-3-9-23-11/h3-4,9H,5-8,10,15H2,1-2H3. The van der Waals surface area contributed by atoms with Crippen LogP contribution in [0, 0.1) is 0 Å². The lowest BCUT2D eigenvalue weighted by atomic mass is 10.4. The molecular weight excluding hydrogens is 350 g/mol. The summed E-state index contributed by atoms with van der Waals surface area (Å²) in [4.78, 5) is 15.0. The van der Waals surface area contributed by atoms with Crippen molar-refractivity contribution in [1.82, 2.24) is 19.8 Å². The maximum Gasteiger partial charge on any atom is 0.233 e. The SMILES string of the molecule is COCCN(CCOC)C(=O)CSc1nnc(-c2cccs2)n1N. The van der Waals surface area contributed by atoms with Gasteiger partial charge in [0.15, 0.2) is 5.82 Å². The normalized spacial score (nSPS) is 10.9. The fourth-order valence-electron chi connectivity index (χ4n) is 1.93. The highest BCUT2D eigenvalue weighted by Gasteiger charge is 2.17. The molecule has 0 radical (unpaired) electrons. The van der Waals surface area contributed by atoms with Crippen LogP contribution in [-0.4, -0.2) is 72.0 Å². The van der Waals surface area contributed by atoms with Crippen LogP contribution < -0.4 is 5.84 Å². The van der Waals surface area contributed by atoms with Crippen molar-refractivity contribution in [2.75, 3.05) is 52.1 Å². The third kappa shape index (κ3) is 4.94. The summed E-state index contributed by atoms with van der Waals surface area (Å²) in [6, 6.07) is 3.85. The number of rotatable bonds is 10. The van der Waals surface area contributed by atoms with Gasteiger partial charge in [-0.1, -0.05) is 17.8 Å². The molecule has 24 heavy (non-hydrogen) atoms. The van der Waals surface area contributed by atoms with Crippen LogP contribution in [0.2, 0.25) is 0 Å². The number of thioether (sulfide) groups is 1. The zero-order valence-corrected chi connectivity index (χ0v) is 15.3. The van der Waals surface area contributed by atoms with Gasteiger partial charge in [-0.25, -0.2) is 4.68 Å². The molecule has 0 saturated carbocycles. The summed E-state index contributed by atoms with van der Waals surface area (Å²) in [7, 11) is 3.22. The summed E-state index contributed by atoms with van der Waals surface area (Å²) in [5.41, 5.74) is 0. The third-order valence-electron chi connectivity index (χ3n) is 3.21. The summed E-state index contributed by atoms with van der Waals surface area (Å²) in [6.07, 6.45) is 0. The molecule has 0 aliphatic carbocycles. The van der Waals surface area contributed by atoms with Crippen molar-refractivity contribution in [2.45, 2.75) is 5.16 Å². The molecule has 0 fully saturated rings. The maximum absolute atomic E-state index is 12.4. The monoisotopic (exact) mass is 371 g/mol. The molecule has 8 nitrogen and oxygen atoms in total. The highest BCUT2D eigenvalue weighted by molar-refractivity contribution is 7.99. The molecule has 1 amide bonds. The highest BCUT2D eigenvalue weighted by atomic mass is 32.2. The number of thiophene rings is 1. The Hall–Kier alpha value is -1.62. The van der Waals surface area contributed by atoms with E-state index in [1.807, 2.05) is 17.5 Å². The topological polar surface area (TPSA) is 95.5 Å². The minimum absolute atomic E-state index is 0.0187. The van der Waals surface area contributed by atoms with E-state index in [1.54, 1.807) is 19.1 Å². The van der Waals surface area contributed by atoms with Gasteiger partial charge in [0.2, 0.25) is 11.1 Å². The predicted molar refractivity (Wildman–Crippen MR) is 94.5 cm³/mol. The van der Waals surface area contributed by atoms with E-state index in [9.17, 15) is 4.79 Å². The second kappa shape index (κ2) is 9.62. The van der Waals surface area contributed by atoms with Crippen LogP contribution in [0.4, 0.5) is 0 Å². The summed E-state index contributed by atoms with van der Waals surface area (Å²) >= 11 is 2.80. The molecule has 0 atom stereocenters. The maximum atomic E-state index is 12.4. The number of hydrogen-bond acceptors (Lipinski definition) is 8. The molecule has 2 aromatic heterocycles. The van der Waals surface area contributed by atoms with Crippen LogP contribution in [0.15, 0.2) is 22.7 Å². The van der Waals surface area contributed by atoms with Crippen molar-refractivity contribution in [1.29, 1.82) is 0 Å². The van der Waals surface area contributed by atoms with E-state index in [4.69, 9.17) is 15.3 Å². The Labute approximate surface area is 148 Å². The summed E-state index contributed by atoms with van der Waals surface area (Å²) in [5, 5.41) is 10.6. The van der Waals surface area contributed by atoms with Crippen molar-refractivity contribution in [3.63, 3.8) is 0 Å². The summed E-state index contributed by atoms with van der Waals surface area (Å²) in [6.45, 7) is 2.01. The fourth-order valence-corrected chi connectivity index (χ4v) is 3.40. The van der Waals surface area contributed by atoms with Crippen LogP contribution in [0.1, 0.15) is 0 Å². The Bertz CT molecular complexity index is 624. The number of aromatic nitrogens is 3. The van der Waals surface area contributed by atoms with E-state index in [0.717, 1.165) is 4.88 Å². The summed E-state index contributed by atoms with van der Waals surface area (Å²) in [5.74, 6) is 6.83. The van der Waals surface area contributed by atoms with E-state index in [1.165, 1.54) is 27.8 Å². The van der Waals surface area contributed by atoms with Crippen molar-refractivity contribution in [2.24, 2.45) is 0 Å². The van der Waals surface area contributed by atoms with Gasteiger partial charge in [0, 0.05) is 27.3 Å². The molecule has 10 heteroatoms. The molecule has 2 aromatic rings. The zero-order chi connectivity index (χ0) is 17.4. The zero-order valence-electron chi connectivity index (χ0n) is 13.7. The average molecular weight is 371 g/mol. The van der Waals surface area contributed by atoms with Crippen LogP contribution >= 0.6 is 23.1 Å². The minimum Gasteiger partial charge on any atom is -0.383 e. The molecule has 0 bridgehead atoms. The largest absolute Gasteiger partial charge is 0.383 e. The molecule has 0 aliphatic heterocycles. The van der Waals surface area contributed by atoms with Crippen LogP contribution in [0.3, 0.4) is 0 Å². The van der Waals surface area contributed by atoms with Gasteiger partial charge in [0.05, 0.1) is 23.8 Å². The van der Waals surface area contributed by atoms with Crippen LogP contribution in [-0.2, 0) is 14.3 Å². The first-order valence-corrected chi connectivity index (χ1v) is 9.16. The lowest BCUT2D eigenvalue weighted by Crippen LogP contribution is -2.37. The van der Waals surface area contributed by atoms with E-state index < -0.39 is 0 Å². The molecule has 0 aromatic carbocycles. The molecule has 132 valence electrons. The second-order valence-corrected chi connectivity index (χ2v) is 6.70. The van der Waals surface area contributed by atoms with Gasteiger partial charge in [-0.05, 0) is 11.4 Å². The van der Waals surface area contributed by atoms with Crippen molar-refractivity contribution in [3.8, 4) is 10.7 Å². The lowest BCUT2D eigenvalue weighted by Gasteiger charge is -2.21. The number of carbonyl (C=O) groups is 1. The summed E-state index contributed by atoms with van der Waals surface area (Å²) < 4.78 is 11.5. The van der Waals surface area contributed by atoms with Crippen molar-refractivity contribution < 1.29 is 14.3 Å². The highest BCUT2D eigenvalue weighted by Crippen LogP contribution is 2.25. The predicted octanol–water partition coefficient (Wildman–Crippen LogP) is 0.934. The minimum atomic E-state index is -0.0187. The second-order valence-electron chi connectivity index (χ2n) is 4.81. The molecule has 0 saturated heterocycles. The number of carbonyl (C=O) groups excluding carboxylic acids is 1. The lowest BCUT2D eigenvalue weighted by molar-refractivity contribution is -0.129.